The molecule has 182 valence electrons. The number of benzene rings is 2. The lowest BCUT2D eigenvalue weighted by molar-refractivity contribution is 0.312. The van der Waals surface area contributed by atoms with E-state index in [4.69, 9.17) is 0 Å². The number of piperazine rings is 1. The Morgan fingerprint density at radius 3 is 2.31 bits per heavy atom. The second kappa shape index (κ2) is 9.34. The Labute approximate surface area is 207 Å². The molecule has 1 aliphatic heterocycles. The van der Waals surface area contributed by atoms with Gasteiger partial charge in [-0.25, -0.2) is 9.78 Å². The van der Waals surface area contributed by atoms with Gasteiger partial charge in [0, 0.05) is 44.6 Å². The van der Waals surface area contributed by atoms with Crippen molar-refractivity contribution in [2.45, 2.75) is 39.2 Å². The number of nitrogens with zero attached hydrogens (tertiary/aromatic N) is 5. The molecule has 0 spiro atoms. The molecule has 0 bridgehead atoms. The number of pyridine rings is 1. The number of hydrogen-bond acceptors (Lipinski definition) is 4. The van der Waals surface area contributed by atoms with Gasteiger partial charge in [0.2, 0.25) is 0 Å². The van der Waals surface area contributed by atoms with E-state index in [0.717, 1.165) is 49.5 Å². The molecule has 6 heteroatoms. The third kappa shape index (κ3) is 4.63. The van der Waals surface area contributed by atoms with Gasteiger partial charge in [0.05, 0.1) is 11.2 Å². The molecule has 2 aromatic carbocycles. The topological polar surface area (TPSA) is 46.3 Å². The number of fused-ring (bicyclic) bond motifs is 1. The summed E-state index contributed by atoms with van der Waals surface area (Å²) in [5, 5.41) is 0. The molecule has 1 fully saturated rings. The zero-order valence-corrected chi connectivity index (χ0v) is 21.2. The lowest BCUT2D eigenvalue weighted by Crippen LogP contribution is -2.44. The van der Waals surface area contributed by atoms with Crippen LogP contribution in [0.2, 0.25) is 0 Å². The second-order valence-corrected chi connectivity index (χ2v) is 10.6. The molecule has 3 heterocycles. The quantitative estimate of drug-likeness (QED) is 0.432. The van der Waals surface area contributed by atoms with Gasteiger partial charge < -0.3 is 9.80 Å². The van der Waals surface area contributed by atoms with E-state index in [0.29, 0.717) is 6.54 Å². The molecule has 0 aliphatic carbocycles. The number of para-hydroxylation sites is 1. The molecular formula is C29H35N5O. The van der Waals surface area contributed by atoms with Gasteiger partial charge in [-0.3, -0.25) is 9.13 Å². The molecule has 4 aromatic rings. The van der Waals surface area contributed by atoms with Crippen LogP contribution in [0.4, 0.5) is 5.69 Å². The molecule has 1 aliphatic rings. The number of hydrogen-bond donors (Lipinski definition) is 0. The summed E-state index contributed by atoms with van der Waals surface area (Å²) < 4.78 is 3.62. The molecule has 1 saturated heterocycles. The Bertz CT molecular complexity index is 1370. The molecule has 6 nitrogen and oxygen atoms in total. The number of rotatable bonds is 5. The van der Waals surface area contributed by atoms with E-state index in [9.17, 15) is 4.79 Å². The van der Waals surface area contributed by atoms with Crippen molar-refractivity contribution in [3.8, 4) is 5.69 Å². The minimum atomic E-state index is -0.0423. The van der Waals surface area contributed by atoms with Crippen molar-refractivity contribution in [3.05, 3.63) is 88.5 Å². The van der Waals surface area contributed by atoms with Crippen LogP contribution in [0.1, 0.15) is 31.9 Å². The first kappa shape index (κ1) is 23.4. The van der Waals surface area contributed by atoms with Crippen molar-refractivity contribution < 1.29 is 0 Å². The van der Waals surface area contributed by atoms with Crippen LogP contribution in [-0.4, -0.2) is 52.2 Å². The van der Waals surface area contributed by atoms with Crippen molar-refractivity contribution in [2.75, 3.05) is 38.1 Å². The molecule has 0 amide bonds. The number of imidazole rings is 1. The predicted octanol–water partition coefficient (Wildman–Crippen LogP) is 4.48. The average Bonchev–Trinajstić information content (AvgIpc) is 3.14. The Balaban J connectivity index is 1.47. The smallest absolute Gasteiger partial charge is 0.334 e. The van der Waals surface area contributed by atoms with E-state index in [1.165, 1.54) is 16.8 Å². The summed E-state index contributed by atoms with van der Waals surface area (Å²) in [5.74, 6) is 0. The van der Waals surface area contributed by atoms with E-state index < -0.39 is 0 Å². The molecule has 0 saturated carbocycles. The van der Waals surface area contributed by atoms with Crippen LogP contribution in [0.15, 0.2) is 71.7 Å². The van der Waals surface area contributed by atoms with Gasteiger partial charge in [0.15, 0.2) is 5.65 Å². The first-order valence-corrected chi connectivity index (χ1v) is 12.5. The first-order chi connectivity index (χ1) is 16.8. The maximum Gasteiger partial charge on any atom is 0.334 e. The third-order valence-electron chi connectivity index (χ3n) is 7.12. The fourth-order valence-electron chi connectivity index (χ4n) is 4.96. The van der Waals surface area contributed by atoms with Crippen LogP contribution in [-0.2, 0) is 18.4 Å². The van der Waals surface area contributed by atoms with Crippen LogP contribution in [0.5, 0.6) is 0 Å². The largest absolute Gasteiger partial charge is 0.369 e. The van der Waals surface area contributed by atoms with Gasteiger partial charge in [0.25, 0.3) is 0 Å². The molecule has 0 atom stereocenters. The van der Waals surface area contributed by atoms with Gasteiger partial charge in [-0.05, 0) is 60.3 Å². The molecule has 0 N–H and O–H groups in total. The number of aryl methyl sites for hydroxylation is 2. The number of likely N-dealkylation sites (N-methyl/N-ethyl adjacent to an activating group) is 1. The van der Waals surface area contributed by atoms with Gasteiger partial charge in [0.1, 0.15) is 0 Å². The van der Waals surface area contributed by atoms with E-state index in [-0.39, 0.29) is 11.1 Å². The average molecular weight is 470 g/mol. The molecule has 35 heavy (non-hydrogen) atoms. The maximum atomic E-state index is 13.7. The molecular weight excluding hydrogens is 434 g/mol. The zero-order chi connectivity index (χ0) is 24.6. The van der Waals surface area contributed by atoms with Crippen molar-refractivity contribution in [1.29, 1.82) is 0 Å². The van der Waals surface area contributed by atoms with Crippen molar-refractivity contribution >= 4 is 16.9 Å². The van der Waals surface area contributed by atoms with Crippen molar-refractivity contribution in [2.24, 2.45) is 0 Å². The normalized spacial score (nSPS) is 15.1. The van der Waals surface area contributed by atoms with Crippen molar-refractivity contribution in [3.63, 3.8) is 0 Å². The molecule has 5 rings (SSSR count). The van der Waals surface area contributed by atoms with Crippen LogP contribution >= 0.6 is 0 Å². The minimum absolute atomic E-state index is 0.0423. The van der Waals surface area contributed by atoms with E-state index in [2.05, 4.69) is 79.0 Å². The third-order valence-corrected chi connectivity index (χ3v) is 7.12. The summed E-state index contributed by atoms with van der Waals surface area (Å²) >= 11 is 0. The Morgan fingerprint density at radius 1 is 0.886 bits per heavy atom. The van der Waals surface area contributed by atoms with Gasteiger partial charge >= 0.3 is 5.69 Å². The second-order valence-electron chi connectivity index (χ2n) is 10.6. The maximum absolute atomic E-state index is 13.7. The molecule has 2 aromatic heterocycles. The lowest BCUT2D eigenvalue weighted by Gasteiger charge is -2.35. The van der Waals surface area contributed by atoms with Crippen LogP contribution in [0.3, 0.4) is 0 Å². The van der Waals surface area contributed by atoms with Gasteiger partial charge in [-0.15, -0.1) is 0 Å². The summed E-state index contributed by atoms with van der Waals surface area (Å²) in [5.41, 5.74) is 6.27. The SMILES string of the molecule is CN1CCN(c2ccccc2CCn2c(=O)n(-c3ccc(C(C)(C)C)cc3)c3cccnc32)CC1. The first-order valence-electron chi connectivity index (χ1n) is 12.5. The van der Waals surface area contributed by atoms with E-state index in [1.807, 2.05) is 28.8 Å². The number of anilines is 1. The molecule has 0 unspecified atom stereocenters. The standard InChI is InChI=1S/C29H35N5O/c1-29(2,3)23-11-13-24(14-12-23)34-26-10-7-16-30-27(26)33(28(34)35)17-15-22-8-5-6-9-25(22)32-20-18-31(4)19-21-32/h5-14,16H,15,17-21H2,1-4H3. The highest BCUT2D eigenvalue weighted by Crippen LogP contribution is 2.25. The summed E-state index contributed by atoms with van der Waals surface area (Å²) in [6.45, 7) is 11.4. The Morgan fingerprint density at radius 2 is 1.60 bits per heavy atom. The van der Waals surface area contributed by atoms with E-state index in [1.54, 1.807) is 10.8 Å². The predicted molar refractivity (Wildman–Crippen MR) is 144 cm³/mol. The zero-order valence-electron chi connectivity index (χ0n) is 21.2. The minimum Gasteiger partial charge on any atom is -0.369 e. The highest BCUT2D eigenvalue weighted by atomic mass is 16.1. The van der Waals surface area contributed by atoms with Crippen molar-refractivity contribution in [1.82, 2.24) is 19.0 Å². The summed E-state index contributed by atoms with van der Waals surface area (Å²) in [4.78, 5) is 23.1. The van der Waals surface area contributed by atoms with Crippen LogP contribution in [0.25, 0.3) is 16.9 Å². The van der Waals surface area contributed by atoms with Crippen LogP contribution in [0, 0.1) is 0 Å². The summed E-state index contributed by atoms with van der Waals surface area (Å²) in [7, 11) is 2.18. The molecule has 0 radical (unpaired) electrons. The van der Waals surface area contributed by atoms with Gasteiger partial charge in [-0.2, -0.15) is 0 Å². The summed E-state index contributed by atoms with van der Waals surface area (Å²) in [6.07, 6.45) is 2.55. The monoisotopic (exact) mass is 469 g/mol. The highest BCUT2D eigenvalue weighted by Gasteiger charge is 2.20. The summed E-state index contributed by atoms with van der Waals surface area (Å²) in [6, 6.07) is 20.8. The highest BCUT2D eigenvalue weighted by molar-refractivity contribution is 5.74. The van der Waals surface area contributed by atoms with Crippen LogP contribution < -0.4 is 10.6 Å². The van der Waals surface area contributed by atoms with E-state index >= 15 is 0 Å². The lowest BCUT2D eigenvalue weighted by atomic mass is 9.87. The Kier molecular flexibility index (Phi) is 6.24. The fourth-order valence-corrected chi connectivity index (χ4v) is 4.96. The Hall–Kier alpha value is -3.38. The van der Waals surface area contributed by atoms with Gasteiger partial charge in [-0.1, -0.05) is 51.1 Å². The number of aromatic nitrogens is 3. The fraction of sp³-hybridized carbons (Fsp3) is 0.379.